The van der Waals surface area contributed by atoms with Crippen LogP contribution >= 0.6 is 0 Å². The summed E-state index contributed by atoms with van der Waals surface area (Å²) in [5.74, 6) is 4.33. The molecule has 80 valence electrons. The first kappa shape index (κ1) is 13.0. The van der Waals surface area contributed by atoms with E-state index < -0.39 is 9.80 Å². The Hall–Kier alpha value is -0.0200. The molecule has 0 aliphatic rings. The van der Waals surface area contributed by atoms with Crippen molar-refractivity contribution in [3.05, 3.63) is 0 Å². The van der Waals surface area contributed by atoms with Gasteiger partial charge in [-0.25, -0.2) is 4.21 Å². The lowest BCUT2D eigenvalue weighted by atomic mass is 10.0. The lowest BCUT2D eigenvalue weighted by molar-refractivity contribution is 0.520. The van der Waals surface area contributed by atoms with Crippen LogP contribution in [0, 0.1) is 5.92 Å². The molecule has 0 saturated carbocycles. The van der Waals surface area contributed by atoms with Crippen LogP contribution < -0.4 is 0 Å². The van der Waals surface area contributed by atoms with Gasteiger partial charge in [0, 0.05) is 5.75 Å². The molecule has 0 amide bonds. The predicted octanol–water partition coefficient (Wildman–Crippen LogP) is 2.78. The average molecular weight is 206 g/mol. The van der Waals surface area contributed by atoms with Gasteiger partial charge in [0.15, 0.2) is 0 Å². The van der Waals surface area contributed by atoms with E-state index >= 15 is 0 Å². The fourth-order valence-electron chi connectivity index (χ4n) is 1.23. The van der Waals surface area contributed by atoms with Crippen molar-refractivity contribution in [3.8, 4) is 0 Å². The minimum Gasteiger partial charge on any atom is -0.314 e. The SMILES string of the molecule is C=S(=O)(O)CCCCCCC(C)C. The lowest BCUT2D eigenvalue weighted by Gasteiger charge is -2.04. The second kappa shape index (κ2) is 6.44. The van der Waals surface area contributed by atoms with E-state index in [1.807, 2.05) is 0 Å². The number of unbranched alkanes of at least 4 members (excludes halogenated alkanes) is 3. The first-order valence-electron chi connectivity index (χ1n) is 4.99. The van der Waals surface area contributed by atoms with Crippen molar-refractivity contribution < 1.29 is 8.76 Å². The highest BCUT2D eigenvalue weighted by atomic mass is 32.2. The Labute approximate surface area is 82.6 Å². The summed E-state index contributed by atoms with van der Waals surface area (Å²) in [5, 5.41) is 0. The molecule has 0 aliphatic heterocycles. The van der Waals surface area contributed by atoms with Crippen LogP contribution in [0.15, 0.2) is 0 Å². The second-order valence-electron chi connectivity index (χ2n) is 4.07. The number of hydrogen-bond acceptors (Lipinski definition) is 1. The monoisotopic (exact) mass is 206 g/mol. The van der Waals surface area contributed by atoms with Gasteiger partial charge in [0.25, 0.3) is 0 Å². The van der Waals surface area contributed by atoms with Gasteiger partial charge in [0.1, 0.15) is 0 Å². The summed E-state index contributed by atoms with van der Waals surface area (Å²) in [7, 11) is -2.73. The molecule has 0 aromatic heterocycles. The average Bonchev–Trinajstić information content (AvgIpc) is 1.93. The first-order valence-corrected chi connectivity index (χ1v) is 6.84. The molecule has 0 bridgehead atoms. The van der Waals surface area contributed by atoms with Crippen molar-refractivity contribution in [3.63, 3.8) is 0 Å². The molecule has 3 heteroatoms. The van der Waals surface area contributed by atoms with Crippen molar-refractivity contribution in [1.82, 2.24) is 0 Å². The van der Waals surface area contributed by atoms with Crippen LogP contribution in [0.25, 0.3) is 0 Å². The molecule has 0 radical (unpaired) electrons. The molecule has 0 rings (SSSR count). The van der Waals surface area contributed by atoms with Gasteiger partial charge in [-0.15, -0.1) is 0 Å². The van der Waals surface area contributed by atoms with E-state index in [0.717, 1.165) is 18.8 Å². The molecule has 0 spiro atoms. The Morgan fingerprint density at radius 3 is 2.23 bits per heavy atom. The summed E-state index contributed by atoms with van der Waals surface area (Å²) in [5.41, 5.74) is 0. The Kier molecular flexibility index (Phi) is 6.43. The van der Waals surface area contributed by atoms with Crippen LogP contribution in [0.3, 0.4) is 0 Å². The van der Waals surface area contributed by atoms with Gasteiger partial charge >= 0.3 is 0 Å². The Bertz CT molecular complexity index is 205. The molecule has 1 atom stereocenters. The van der Waals surface area contributed by atoms with E-state index in [4.69, 9.17) is 4.55 Å². The van der Waals surface area contributed by atoms with Crippen LogP contribution in [0.5, 0.6) is 0 Å². The Balaban J connectivity index is 3.18. The van der Waals surface area contributed by atoms with Crippen molar-refractivity contribution in [2.45, 2.75) is 46.0 Å². The molecule has 0 fully saturated rings. The van der Waals surface area contributed by atoms with Crippen LogP contribution in [0.2, 0.25) is 0 Å². The molecule has 0 aromatic rings. The summed E-state index contributed by atoms with van der Waals surface area (Å²) in [6, 6.07) is 0. The third kappa shape index (κ3) is 12.0. The third-order valence-electron chi connectivity index (χ3n) is 1.99. The van der Waals surface area contributed by atoms with Crippen LogP contribution in [-0.2, 0) is 9.80 Å². The highest BCUT2D eigenvalue weighted by molar-refractivity contribution is 7.95. The fraction of sp³-hybridized carbons (Fsp3) is 0.900. The molecule has 13 heavy (non-hydrogen) atoms. The maximum absolute atomic E-state index is 10.8. The number of hydrogen-bond donors (Lipinski definition) is 1. The zero-order valence-corrected chi connectivity index (χ0v) is 9.61. The molecule has 0 heterocycles. The summed E-state index contributed by atoms with van der Waals surface area (Å²) >= 11 is 0. The second-order valence-corrected chi connectivity index (χ2v) is 6.03. The topological polar surface area (TPSA) is 37.3 Å². The maximum atomic E-state index is 10.8. The molecular weight excluding hydrogens is 184 g/mol. The van der Waals surface area contributed by atoms with E-state index in [2.05, 4.69) is 19.7 Å². The van der Waals surface area contributed by atoms with E-state index in [1.54, 1.807) is 0 Å². The molecule has 0 saturated heterocycles. The highest BCUT2D eigenvalue weighted by Gasteiger charge is 1.98. The maximum Gasteiger partial charge on any atom is 0.0746 e. The van der Waals surface area contributed by atoms with Crippen molar-refractivity contribution in [2.24, 2.45) is 5.92 Å². The Morgan fingerprint density at radius 1 is 1.23 bits per heavy atom. The molecular formula is C10H22O2S. The largest absolute Gasteiger partial charge is 0.314 e. The standard InChI is InChI=1S/C10H22O2S/c1-10(2)8-6-4-5-7-9-13(3,11)12/h10H,3-9H2,1-2H3,(H,11,12). The molecule has 1 unspecified atom stereocenters. The Morgan fingerprint density at radius 2 is 1.77 bits per heavy atom. The van der Waals surface area contributed by atoms with Crippen molar-refractivity contribution >= 4 is 15.7 Å². The van der Waals surface area contributed by atoms with Gasteiger partial charge in [-0.05, 0) is 18.2 Å². The van der Waals surface area contributed by atoms with Crippen molar-refractivity contribution in [1.29, 1.82) is 0 Å². The van der Waals surface area contributed by atoms with Gasteiger partial charge in [-0.2, -0.15) is 0 Å². The van der Waals surface area contributed by atoms with Crippen LogP contribution in [-0.4, -0.2) is 20.4 Å². The molecule has 0 aromatic carbocycles. The highest BCUT2D eigenvalue weighted by Crippen LogP contribution is 2.09. The predicted molar refractivity (Wildman–Crippen MR) is 60.7 cm³/mol. The van der Waals surface area contributed by atoms with Gasteiger partial charge in [0.05, 0.1) is 9.80 Å². The van der Waals surface area contributed by atoms with E-state index in [9.17, 15) is 4.21 Å². The quantitative estimate of drug-likeness (QED) is 0.514. The van der Waals surface area contributed by atoms with Gasteiger partial charge < -0.3 is 4.55 Å². The minimum absolute atomic E-state index is 0.356. The lowest BCUT2D eigenvalue weighted by Crippen LogP contribution is -2.03. The third-order valence-corrected chi connectivity index (χ3v) is 2.92. The van der Waals surface area contributed by atoms with Gasteiger partial charge in [-0.1, -0.05) is 39.5 Å². The van der Waals surface area contributed by atoms with E-state index in [-0.39, 0.29) is 0 Å². The van der Waals surface area contributed by atoms with Gasteiger partial charge in [-0.3, -0.25) is 0 Å². The number of rotatable bonds is 7. The minimum atomic E-state index is -2.73. The van der Waals surface area contributed by atoms with Crippen LogP contribution in [0.1, 0.15) is 46.0 Å². The van der Waals surface area contributed by atoms with E-state index in [1.165, 1.54) is 19.3 Å². The summed E-state index contributed by atoms with van der Waals surface area (Å²) in [4.78, 5) is 0. The van der Waals surface area contributed by atoms with E-state index in [0.29, 0.717) is 5.75 Å². The van der Waals surface area contributed by atoms with Crippen molar-refractivity contribution in [2.75, 3.05) is 5.75 Å². The fourth-order valence-corrected chi connectivity index (χ4v) is 1.89. The molecule has 0 aliphatic carbocycles. The molecule has 2 nitrogen and oxygen atoms in total. The summed E-state index contributed by atoms with van der Waals surface area (Å²) in [6.45, 7) is 4.44. The zero-order valence-electron chi connectivity index (χ0n) is 8.79. The smallest absolute Gasteiger partial charge is 0.0746 e. The zero-order chi connectivity index (χ0) is 10.3. The molecule has 1 N–H and O–H groups in total. The summed E-state index contributed by atoms with van der Waals surface area (Å²) < 4.78 is 19.7. The summed E-state index contributed by atoms with van der Waals surface area (Å²) in [6.07, 6.45) is 5.56. The first-order chi connectivity index (χ1) is 5.92. The van der Waals surface area contributed by atoms with Gasteiger partial charge in [0.2, 0.25) is 0 Å². The normalized spacial score (nSPS) is 16.0. The van der Waals surface area contributed by atoms with Crippen LogP contribution in [0.4, 0.5) is 0 Å².